The molecule has 1 aliphatic carbocycles. The van der Waals surface area contributed by atoms with Crippen molar-refractivity contribution in [2.75, 3.05) is 5.32 Å². The molecule has 0 radical (unpaired) electrons. The van der Waals surface area contributed by atoms with Gasteiger partial charge in [-0.15, -0.1) is 0 Å². The van der Waals surface area contributed by atoms with E-state index in [-0.39, 0.29) is 11.8 Å². The van der Waals surface area contributed by atoms with Crippen molar-refractivity contribution >= 4 is 33.4 Å². The zero-order valence-electron chi connectivity index (χ0n) is 20.9. The number of carbonyl (C=O) groups excluding carboxylic acids is 1. The topological polar surface area (TPSA) is 117 Å². The average molecular weight is 503 g/mol. The number of nitrogens with zero attached hydrogens (tertiary/aromatic N) is 5. The van der Waals surface area contributed by atoms with Crippen LogP contribution in [0.2, 0.25) is 0 Å². The molecule has 9 nitrogen and oxygen atoms in total. The number of rotatable bonds is 5. The van der Waals surface area contributed by atoms with E-state index in [1.54, 1.807) is 18.6 Å². The molecule has 5 aromatic heterocycles. The molecule has 1 aliphatic rings. The molecule has 9 heteroatoms. The Morgan fingerprint density at radius 1 is 1.03 bits per heavy atom. The third-order valence-electron chi connectivity index (χ3n) is 7.36. The van der Waals surface area contributed by atoms with E-state index in [0.29, 0.717) is 5.69 Å². The molecule has 1 saturated carbocycles. The first-order chi connectivity index (χ1) is 18.6. The van der Waals surface area contributed by atoms with Gasteiger partial charge >= 0.3 is 0 Å². The van der Waals surface area contributed by atoms with Gasteiger partial charge in [-0.3, -0.25) is 19.9 Å². The minimum atomic E-state index is 0.0750. The van der Waals surface area contributed by atoms with Gasteiger partial charge in [-0.05, 0) is 50.1 Å². The van der Waals surface area contributed by atoms with Crippen LogP contribution in [0.1, 0.15) is 31.4 Å². The molecule has 0 spiro atoms. The fourth-order valence-electron chi connectivity index (χ4n) is 5.41. The number of amides is 1. The number of carbonyl (C=O) groups is 1. The summed E-state index contributed by atoms with van der Waals surface area (Å²) in [6, 6.07) is 12.2. The van der Waals surface area contributed by atoms with Crippen LogP contribution < -0.4 is 5.32 Å². The summed E-state index contributed by atoms with van der Waals surface area (Å²) in [6.07, 6.45) is 13.2. The summed E-state index contributed by atoms with van der Waals surface area (Å²) in [5.41, 5.74) is 7.87. The summed E-state index contributed by atoms with van der Waals surface area (Å²) < 4.78 is 2.03. The first-order valence-electron chi connectivity index (χ1n) is 12.9. The first kappa shape index (κ1) is 22.4. The second kappa shape index (κ2) is 8.95. The van der Waals surface area contributed by atoms with Gasteiger partial charge in [-0.25, -0.2) is 4.98 Å². The van der Waals surface area contributed by atoms with Gasteiger partial charge in [0.25, 0.3) is 0 Å². The average Bonchev–Trinajstić information content (AvgIpc) is 3.74. The van der Waals surface area contributed by atoms with Crippen LogP contribution in [-0.2, 0) is 4.79 Å². The quantitative estimate of drug-likeness (QED) is 0.276. The van der Waals surface area contributed by atoms with Crippen LogP contribution in [0.25, 0.3) is 50.1 Å². The third kappa shape index (κ3) is 3.92. The molecule has 188 valence electrons. The Morgan fingerprint density at radius 2 is 1.92 bits per heavy atom. The van der Waals surface area contributed by atoms with Gasteiger partial charge in [-0.2, -0.15) is 5.10 Å². The Bertz CT molecular complexity index is 1800. The molecule has 6 aromatic rings. The van der Waals surface area contributed by atoms with Crippen molar-refractivity contribution < 1.29 is 4.79 Å². The molecule has 7 rings (SSSR count). The maximum atomic E-state index is 12.6. The standard InChI is InChI=1S/C29H26N8O/c1-17-15-37(16-32-17)27-8-4-7-23-21(27)10-25(34-23)28-22-11-24(31-14-26(22)35-36-28)19-9-20(13-30-12-19)33-29(38)18-5-2-3-6-18/h4,7-16,18,34H,2-3,5-6H2,1H3,(H,33,38)(H,35,36). The zero-order valence-corrected chi connectivity index (χ0v) is 20.9. The van der Waals surface area contributed by atoms with Gasteiger partial charge in [0.1, 0.15) is 5.69 Å². The van der Waals surface area contributed by atoms with Gasteiger partial charge < -0.3 is 14.9 Å². The second-order valence-corrected chi connectivity index (χ2v) is 9.96. The predicted molar refractivity (Wildman–Crippen MR) is 147 cm³/mol. The largest absolute Gasteiger partial charge is 0.353 e. The van der Waals surface area contributed by atoms with Crippen LogP contribution in [0, 0.1) is 12.8 Å². The maximum Gasteiger partial charge on any atom is 0.227 e. The van der Waals surface area contributed by atoms with Gasteiger partial charge in [0.05, 0.1) is 52.7 Å². The number of fused-ring (bicyclic) bond motifs is 2. The lowest BCUT2D eigenvalue weighted by molar-refractivity contribution is -0.119. The summed E-state index contributed by atoms with van der Waals surface area (Å²) in [5.74, 6) is 0.169. The normalized spacial score (nSPS) is 14.0. The van der Waals surface area contributed by atoms with E-state index < -0.39 is 0 Å². The minimum Gasteiger partial charge on any atom is -0.353 e. The van der Waals surface area contributed by atoms with Crippen LogP contribution in [0.5, 0.6) is 0 Å². The lowest BCUT2D eigenvalue weighted by atomic mass is 10.1. The summed E-state index contributed by atoms with van der Waals surface area (Å²) in [4.78, 5) is 29.5. The number of pyridine rings is 2. The number of benzene rings is 1. The summed E-state index contributed by atoms with van der Waals surface area (Å²) in [6.45, 7) is 1.98. The van der Waals surface area contributed by atoms with Crippen molar-refractivity contribution in [3.05, 3.63) is 73.2 Å². The molecule has 1 fully saturated rings. The third-order valence-corrected chi connectivity index (χ3v) is 7.36. The van der Waals surface area contributed by atoms with E-state index in [4.69, 9.17) is 0 Å². The zero-order chi connectivity index (χ0) is 25.6. The number of aromatic amines is 2. The molecule has 0 atom stereocenters. The maximum absolute atomic E-state index is 12.6. The molecule has 3 N–H and O–H groups in total. The lowest BCUT2D eigenvalue weighted by Crippen LogP contribution is -2.20. The highest BCUT2D eigenvalue weighted by molar-refractivity contribution is 5.99. The number of hydrogen-bond acceptors (Lipinski definition) is 5. The number of anilines is 1. The molecule has 1 amide bonds. The number of hydrogen-bond donors (Lipinski definition) is 3. The molecule has 38 heavy (non-hydrogen) atoms. The summed E-state index contributed by atoms with van der Waals surface area (Å²) in [5, 5.41) is 12.8. The van der Waals surface area contributed by atoms with E-state index in [1.165, 1.54) is 0 Å². The van der Waals surface area contributed by atoms with E-state index in [0.717, 1.165) is 81.5 Å². The van der Waals surface area contributed by atoms with Gasteiger partial charge in [0, 0.05) is 40.2 Å². The Hall–Kier alpha value is -4.79. The van der Waals surface area contributed by atoms with E-state index in [1.807, 2.05) is 42.2 Å². The van der Waals surface area contributed by atoms with E-state index in [9.17, 15) is 4.79 Å². The molecular formula is C29H26N8O. The molecule has 0 unspecified atom stereocenters. The molecule has 0 bridgehead atoms. The Morgan fingerprint density at radius 3 is 2.76 bits per heavy atom. The highest BCUT2D eigenvalue weighted by Gasteiger charge is 2.23. The molecule has 5 heterocycles. The van der Waals surface area contributed by atoms with Gasteiger partial charge in [0.2, 0.25) is 5.91 Å². The van der Waals surface area contributed by atoms with Crippen molar-refractivity contribution in [1.29, 1.82) is 0 Å². The van der Waals surface area contributed by atoms with Crippen molar-refractivity contribution in [3.63, 3.8) is 0 Å². The van der Waals surface area contributed by atoms with Crippen LogP contribution >= 0.6 is 0 Å². The first-order valence-corrected chi connectivity index (χ1v) is 12.9. The van der Waals surface area contributed by atoms with Crippen LogP contribution in [0.15, 0.2) is 67.5 Å². The van der Waals surface area contributed by atoms with Crippen molar-refractivity contribution in [1.82, 2.24) is 34.7 Å². The van der Waals surface area contributed by atoms with Crippen LogP contribution in [0.3, 0.4) is 0 Å². The number of nitrogens with one attached hydrogen (secondary N) is 3. The second-order valence-electron chi connectivity index (χ2n) is 9.96. The van der Waals surface area contributed by atoms with E-state index in [2.05, 4.69) is 53.6 Å². The molecule has 1 aromatic carbocycles. The Balaban J connectivity index is 1.24. The highest BCUT2D eigenvalue weighted by Crippen LogP contribution is 2.33. The lowest BCUT2D eigenvalue weighted by Gasteiger charge is -2.11. The Labute approximate surface area is 218 Å². The van der Waals surface area contributed by atoms with E-state index >= 15 is 0 Å². The fraction of sp³-hybridized carbons (Fsp3) is 0.207. The van der Waals surface area contributed by atoms with Crippen molar-refractivity contribution in [2.45, 2.75) is 32.6 Å². The number of aryl methyl sites for hydroxylation is 1. The summed E-state index contributed by atoms with van der Waals surface area (Å²) >= 11 is 0. The predicted octanol–water partition coefficient (Wildman–Crippen LogP) is 5.79. The van der Waals surface area contributed by atoms with Crippen molar-refractivity contribution in [2.24, 2.45) is 5.92 Å². The highest BCUT2D eigenvalue weighted by atomic mass is 16.1. The van der Waals surface area contributed by atoms with Crippen LogP contribution in [-0.4, -0.2) is 40.6 Å². The molecule has 0 aliphatic heterocycles. The smallest absolute Gasteiger partial charge is 0.227 e. The van der Waals surface area contributed by atoms with Crippen LogP contribution in [0.4, 0.5) is 5.69 Å². The summed E-state index contributed by atoms with van der Waals surface area (Å²) in [7, 11) is 0. The monoisotopic (exact) mass is 502 g/mol. The van der Waals surface area contributed by atoms with Gasteiger partial charge in [-0.1, -0.05) is 18.9 Å². The SMILES string of the molecule is Cc1cn(-c2cccc3[nH]c(-c4n[nH]c5cnc(-c6cncc(NC(=O)C7CCCC7)c6)cc45)cc23)cn1. The fourth-order valence-corrected chi connectivity index (χ4v) is 5.41. The number of aromatic nitrogens is 7. The van der Waals surface area contributed by atoms with Gasteiger partial charge in [0.15, 0.2) is 0 Å². The van der Waals surface area contributed by atoms with Crippen molar-refractivity contribution in [3.8, 4) is 28.3 Å². The molecular weight excluding hydrogens is 476 g/mol. The number of H-pyrrole nitrogens is 2. The molecule has 0 saturated heterocycles. The minimum absolute atomic E-state index is 0.0750. The number of imidazole rings is 1. The Kier molecular flexibility index (Phi) is 5.28.